The third-order valence-electron chi connectivity index (χ3n) is 2.52. The van der Waals surface area contributed by atoms with E-state index in [0.29, 0.717) is 0 Å². The Kier molecular flexibility index (Phi) is 4.39. The molecular formula is C14H14INO. The smallest absolute Gasteiger partial charge is 0.0682 e. The summed E-state index contributed by atoms with van der Waals surface area (Å²) in [7, 11) is 0. The van der Waals surface area contributed by atoms with E-state index in [1.54, 1.807) is 0 Å². The molecule has 0 aromatic heterocycles. The SMILES string of the molecule is OCc1cccc(NCc2ccc(I)cc2)c1. The average molecular weight is 339 g/mol. The first kappa shape index (κ1) is 12.4. The van der Waals surface area contributed by atoms with Crippen LogP contribution in [0.3, 0.4) is 0 Å². The Hall–Kier alpha value is -1.07. The number of hydrogen-bond acceptors (Lipinski definition) is 2. The van der Waals surface area contributed by atoms with Crippen molar-refractivity contribution in [3.8, 4) is 0 Å². The standard InChI is InChI=1S/C14H14INO/c15-13-6-4-11(5-7-13)9-16-14-3-1-2-12(8-14)10-17/h1-8,16-17H,9-10H2. The molecule has 2 N–H and O–H groups in total. The molecule has 0 heterocycles. The third-order valence-corrected chi connectivity index (χ3v) is 3.24. The third kappa shape index (κ3) is 3.71. The molecule has 2 aromatic rings. The number of aliphatic hydroxyl groups is 1. The van der Waals surface area contributed by atoms with Gasteiger partial charge < -0.3 is 10.4 Å². The molecule has 0 saturated heterocycles. The number of halogens is 1. The fourth-order valence-electron chi connectivity index (χ4n) is 1.59. The summed E-state index contributed by atoms with van der Waals surface area (Å²) in [6, 6.07) is 16.3. The Morgan fingerprint density at radius 1 is 1.00 bits per heavy atom. The Labute approximate surface area is 115 Å². The molecule has 0 amide bonds. The summed E-state index contributed by atoms with van der Waals surface area (Å²) in [5.74, 6) is 0. The van der Waals surface area contributed by atoms with E-state index in [4.69, 9.17) is 5.11 Å². The monoisotopic (exact) mass is 339 g/mol. The van der Waals surface area contributed by atoms with Gasteiger partial charge in [-0.2, -0.15) is 0 Å². The summed E-state index contributed by atoms with van der Waals surface area (Å²) in [5, 5.41) is 12.4. The molecule has 0 unspecified atom stereocenters. The first-order valence-corrected chi connectivity index (χ1v) is 6.54. The molecule has 2 aromatic carbocycles. The summed E-state index contributed by atoms with van der Waals surface area (Å²) in [4.78, 5) is 0. The van der Waals surface area contributed by atoms with E-state index < -0.39 is 0 Å². The zero-order chi connectivity index (χ0) is 12.1. The lowest BCUT2D eigenvalue weighted by atomic mass is 10.2. The number of hydrogen-bond donors (Lipinski definition) is 2. The van der Waals surface area contributed by atoms with Crippen LogP contribution in [0.4, 0.5) is 5.69 Å². The largest absolute Gasteiger partial charge is 0.392 e. The molecule has 2 nitrogen and oxygen atoms in total. The lowest BCUT2D eigenvalue weighted by Crippen LogP contribution is -1.99. The maximum Gasteiger partial charge on any atom is 0.0682 e. The van der Waals surface area contributed by atoms with Gasteiger partial charge in [-0.3, -0.25) is 0 Å². The molecule has 0 atom stereocenters. The lowest BCUT2D eigenvalue weighted by molar-refractivity contribution is 0.282. The number of nitrogens with one attached hydrogen (secondary N) is 1. The Bertz CT molecular complexity index is 482. The van der Waals surface area contributed by atoms with Gasteiger partial charge in [-0.1, -0.05) is 24.3 Å². The van der Waals surface area contributed by atoms with Crippen LogP contribution < -0.4 is 5.32 Å². The van der Waals surface area contributed by atoms with E-state index in [1.165, 1.54) is 9.13 Å². The van der Waals surface area contributed by atoms with Gasteiger partial charge in [0, 0.05) is 15.8 Å². The van der Waals surface area contributed by atoms with Gasteiger partial charge in [0.15, 0.2) is 0 Å². The number of rotatable bonds is 4. The molecule has 88 valence electrons. The minimum absolute atomic E-state index is 0.0824. The highest BCUT2D eigenvalue weighted by Gasteiger charge is 1.96. The summed E-state index contributed by atoms with van der Waals surface area (Å²) in [6.45, 7) is 0.880. The lowest BCUT2D eigenvalue weighted by Gasteiger charge is -2.07. The molecule has 0 fully saturated rings. The number of aliphatic hydroxyl groups excluding tert-OH is 1. The van der Waals surface area contributed by atoms with Crippen molar-refractivity contribution in [2.45, 2.75) is 13.2 Å². The minimum Gasteiger partial charge on any atom is -0.392 e. The van der Waals surface area contributed by atoms with Crippen LogP contribution in [-0.4, -0.2) is 5.11 Å². The van der Waals surface area contributed by atoms with Gasteiger partial charge in [0.05, 0.1) is 6.61 Å². The first-order valence-electron chi connectivity index (χ1n) is 5.46. The van der Waals surface area contributed by atoms with Gasteiger partial charge in [-0.25, -0.2) is 0 Å². The van der Waals surface area contributed by atoms with Crippen molar-refractivity contribution in [2.24, 2.45) is 0 Å². The molecule has 2 rings (SSSR count). The van der Waals surface area contributed by atoms with E-state index in [0.717, 1.165) is 17.8 Å². The molecule has 0 aliphatic carbocycles. The topological polar surface area (TPSA) is 32.3 Å². The molecule has 3 heteroatoms. The van der Waals surface area contributed by atoms with E-state index in [2.05, 4.69) is 52.2 Å². The highest BCUT2D eigenvalue weighted by molar-refractivity contribution is 14.1. The van der Waals surface area contributed by atoms with E-state index in [1.807, 2.05) is 24.3 Å². The predicted octanol–water partition coefficient (Wildman–Crippen LogP) is 3.40. The summed E-state index contributed by atoms with van der Waals surface area (Å²) in [6.07, 6.45) is 0. The van der Waals surface area contributed by atoms with Crippen LogP contribution in [-0.2, 0) is 13.2 Å². The fraction of sp³-hybridized carbons (Fsp3) is 0.143. The average Bonchev–Trinajstić information content (AvgIpc) is 2.38. The van der Waals surface area contributed by atoms with Crippen molar-refractivity contribution in [3.05, 3.63) is 63.2 Å². The van der Waals surface area contributed by atoms with E-state index in [-0.39, 0.29) is 6.61 Å². The van der Waals surface area contributed by atoms with Crippen LogP contribution in [0.1, 0.15) is 11.1 Å². The Balaban J connectivity index is 1.99. The summed E-state index contributed by atoms with van der Waals surface area (Å²) in [5.41, 5.74) is 3.22. The van der Waals surface area contributed by atoms with Gasteiger partial charge in [0.1, 0.15) is 0 Å². The second-order valence-corrected chi connectivity index (χ2v) is 5.08. The minimum atomic E-state index is 0.0824. The quantitative estimate of drug-likeness (QED) is 0.837. The maximum absolute atomic E-state index is 9.05. The van der Waals surface area contributed by atoms with Crippen molar-refractivity contribution < 1.29 is 5.11 Å². The molecule has 0 aliphatic rings. The van der Waals surface area contributed by atoms with Crippen molar-refractivity contribution in [1.29, 1.82) is 0 Å². The highest BCUT2D eigenvalue weighted by Crippen LogP contribution is 2.13. The van der Waals surface area contributed by atoms with Gasteiger partial charge in [0.2, 0.25) is 0 Å². The van der Waals surface area contributed by atoms with E-state index in [9.17, 15) is 0 Å². The molecule has 0 spiro atoms. The van der Waals surface area contributed by atoms with Crippen molar-refractivity contribution >= 4 is 28.3 Å². The van der Waals surface area contributed by atoms with Crippen molar-refractivity contribution in [1.82, 2.24) is 0 Å². The van der Waals surface area contributed by atoms with Crippen LogP contribution in [0.5, 0.6) is 0 Å². The summed E-state index contributed by atoms with van der Waals surface area (Å²) < 4.78 is 1.24. The van der Waals surface area contributed by atoms with Crippen LogP contribution in [0.25, 0.3) is 0 Å². The van der Waals surface area contributed by atoms with Crippen LogP contribution in [0.15, 0.2) is 48.5 Å². The zero-order valence-corrected chi connectivity index (χ0v) is 11.5. The van der Waals surface area contributed by atoms with Crippen molar-refractivity contribution in [2.75, 3.05) is 5.32 Å². The van der Waals surface area contributed by atoms with Crippen LogP contribution in [0, 0.1) is 3.57 Å². The van der Waals surface area contributed by atoms with Gasteiger partial charge in [-0.15, -0.1) is 0 Å². The predicted molar refractivity (Wildman–Crippen MR) is 78.9 cm³/mol. The summed E-state index contributed by atoms with van der Waals surface area (Å²) >= 11 is 2.30. The molecule has 0 aliphatic heterocycles. The van der Waals surface area contributed by atoms with Crippen molar-refractivity contribution in [3.63, 3.8) is 0 Å². The Morgan fingerprint density at radius 3 is 2.47 bits per heavy atom. The van der Waals surface area contributed by atoms with Gasteiger partial charge >= 0.3 is 0 Å². The van der Waals surface area contributed by atoms with Crippen LogP contribution >= 0.6 is 22.6 Å². The number of anilines is 1. The maximum atomic E-state index is 9.05. The Morgan fingerprint density at radius 2 is 1.76 bits per heavy atom. The van der Waals surface area contributed by atoms with Gasteiger partial charge in [0.25, 0.3) is 0 Å². The molecule has 0 saturated carbocycles. The normalized spacial score (nSPS) is 10.2. The second-order valence-electron chi connectivity index (χ2n) is 3.84. The van der Waals surface area contributed by atoms with E-state index >= 15 is 0 Å². The number of benzene rings is 2. The van der Waals surface area contributed by atoms with Gasteiger partial charge in [-0.05, 0) is 58.0 Å². The first-order chi connectivity index (χ1) is 8.28. The molecule has 0 radical (unpaired) electrons. The zero-order valence-electron chi connectivity index (χ0n) is 9.36. The highest BCUT2D eigenvalue weighted by atomic mass is 127. The molecule has 17 heavy (non-hydrogen) atoms. The fourth-order valence-corrected chi connectivity index (χ4v) is 1.95. The second kappa shape index (κ2) is 6.02. The van der Waals surface area contributed by atoms with Crippen LogP contribution in [0.2, 0.25) is 0 Å². The molecular weight excluding hydrogens is 325 g/mol. The molecule has 0 bridgehead atoms.